The molecule has 1 heterocycles. The molecule has 4 heteroatoms. The summed E-state index contributed by atoms with van der Waals surface area (Å²) >= 11 is 0. The zero-order valence-electron chi connectivity index (χ0n) is 10.1. The number of aliphatic hydroxyl groups excluding tert-OH is 1. The molecule has 94 valence electrons. The second kappa shape index (κ2) is 4.66. The number of aliphatic imine (C=N–C) groups is 1. The van der Waals surface area contributed by atoms with E-state index in [1.165, 1.54) is 0 Å². The van der Waals surface area contributed by atoms with Crippen LogP contribution in [-0.4, -0.2) is 16.8 Å². The largest absolute Gasteiger partial charge is 0.392 e. The van der Waals surface area contributed by atoms with E-state index < -0.39 is 0 Å². The summed E-state index contributed by atoms with van der Waals surface area (Å²) in [4.78, 5) is 16.2. The van der Waals surface area contributed by atoms with Gasteiger partial charge in [-0.2, -0.15) is 0 Å². The van der Waals surface area contributed by atoms with Crippen molar-refractivity contribution >= 4 is 17.4 Å². The average molecular weight is 252 g/mol. The van der Waals surface area contributed by atoms with E-state index in [2.05, 4.69) is 10.3 Å². The number of nitrogens with one attached hydrogen (secondary N) is 1. The fourth-order valence-corrected chi connectivity index (χ4v) is 2.09. The normalized spacial score (nSPS) is 15.4. The van der Waals surface area contributed by atoms with Gasteiger partial charge in [0, 0.05) is 11.1 Å². The maximum absolute atomic E-state index is 11.8. The third kappa shape index (κ3) is 2.02. The number of amides is 1. The fraction of sp³-hybridized carbons (Fsp3) is 0.0667. The van der Waals surface area contributed by atoms with Crippen LogP contribution in [0.15, 0.2) is 53.5 Å². The second-order valence-electron chi connectivity index (χ2n) is 4.25. The van der Waals surface area contributed by atoms with Crippen LogP contribution in [0, 0.1) is 0 Å². The molecule has 0 atom stereocenters. The van der Waals surface area contributed by atoms with Crippen LogP contribution in [-0.2, 0) is 6.61 Å². The average Bonchev–Trinajstić information content (AvgIpc) is 2.77. The highest BCUT2D eigenvalue weighted by molar-refractivity contribution is 6.23. The van der Waals surface area contributed by atoms with Crippen LogP contribution in [0.25, 0.3) is 0 Å². The molecule has 0 saturated carbocycles. The van der Waals surface area contributed by atoms with Gasteiger partial charge >= 0.3 is 0 Å². The quantitative estimate of drug-likeness (QED) is 0.858. The van der Waals surface area contributed by atoms with Crippen molar-refractivity contribution in [3.05, 3.63) is 65.2 Å². The lowest BCUT2D eigenvalue weighted by atomic mass is 10.1. The Bertz CT molecular complexity index is 677. The standard InChI is InChI=1S/C15H12N2O2/c18-9-10-5-1-4-8-13(10)16-14-11-6-2-3-7-12(11)15(19)17-14/h1-8,18H,9H2,(H,16,17,19). The van der Waals surface area contributed by atoms with Crippen molar-refractivity contribution in [2.45, 2.75) is 6.61 Å². The molecule has 0 saturated heterocycles. The van der Waals surface area contributed by atoms with Crippen LogP contribution in [0.3, 0.4) is 0 Å². The number of hydrogen-bond acceptors (Lipinski definition) is 3. The fourth-order valence-electron chi connectivity index (χ4n) is 2.09. The van der Waals surface area contributed by atoms with Crippen molar-refractivity contribution in [1.29, 1.82) is 0 Å². The Kier molecular flexibility index (Phi) is 2.85. The number of aliphatic hydroxyl groups is 1. The molecule has 1 aliphatic rings. The number of fused-ring (bicyclic) bond motifs is 1. The Balaban J connectivity index is 2.09. The number of amidine groups is 1. The molecule has 0 unspecified atom stereocenters. The van der Waals surface area contributed by atoms with Crippen LogP contribution in [0.2, 0.25) is 0 Å². The van der Waals surface area contributed by atoms with Gasteiger partial charge in [-0.25, -0.2) is 4.99 Å². The molecule has 1 amide bonds. The first-order valence-electron chi connectivity index (χ1n) is 5.98. The second-order valence-corrected chi connectivity index (χ2v) is 4.25. The molecule has 3 rings (SSSR count). The predicted molar refractivity (Wildman–Crippen MR) is 72.5 cm³/mol. The molecule has 19 heavy (non-hydrogen) atoms. The van der Waals surface area contributed by atoms with Crippen LogP contribution >= 0.6 is 0 Å². The molecule has 0 aromatic heterocycles. The third-order valence-corrected chi connectivity index (χ3v) is 3.05. The van der Waals surface area contributed by atoms with E-state index in [1.807, 2.05) is 42.5 Å². The number of carbonyl (C=O) groups excluding carboxylic acids is 1. The van der Waals surface area contributed by atoms with Gasteiger partial charge in [0.15, 0.2) is 0 Å². The smallest absolute Gasteiger partial charge is 0.257 e. The van der Waals surface area contributed by atoms with E-state index in [1.54, 1.807) is 6.07 Å². The Morgan fingerprint density at radius 1 is 1.00 bits per heavy atom. The molecular formula is C15H12N2O2. The number of benzene rings is 2. The van der Waals surface area contributed by atoms with Crippen molar-refractivity contribution in [2.24, 2.45) is 4.99 Å². The zero-order valence-corrected chi connectivity index (χ0v) is 10.1. The number of carbonyl (C=O) groups is 1. The Hall–Kier alpha value is -2.46. The molecule has 1 aliphatic heterocycles. The van der Waals surface area contributed by atoms with Gasteiger partial charge in [-0.15, -0.1) is 0 Å². The van der Waals surface area contributed by atoms with Crippen LogP contribution in [0.1, 0.15) is 21.5 Å². The van der Waals surface area contributed by atoms with E-state index >= 15 is 0 Å². The highest BCUT2D eigenvalue weighted by atomic mass is 16.3. The van der Waals surface area contributed by atoms with Gasteiger partial charge in [-0.05, 0) is 12.1 Å². The van der Waals surface area contributed by atoms with Crippen molar-refractivity contribution in [3.8, 4) is 0 Å². The third-order valence-electron chi connectivity index (χ3n) is 3.05. The molecule has 4 nitrogen and oxygen atoms in total. The molecule has 2 N–H and O–H groups in total. The minimum absolute atomic E-state index is 0.0808. The Morgan fingerprint density at radius 2 is 1.68 bits per heavy atom. The van der Waals surface area contributed by atoms with Gasteiger partial charge in [0.25, 0.3) is 5.91 Å². The summed E-state index contributed by atoms with van der Waals surface area (Å²) in [5.74, 6) is 0.386. The van der Waals surface area contributed by atoms with Gasteiger partial charge in [0.2, 0.25) is 0 Å². The van der Waals surface area contributed by atoms with Crippen molar-refractivity contribution in [3.63, 3.8) is 0 Å². The first kappa shape index (κ1) is 11.6. The SMILES string of the molecule is O=C1NC(=Nc2ccccc2CO)c2ccccc21. The first-order chi connectivity index (χ1) is 9.29. The monoisotopic (exact) mass is 252 g/mol. The van der Waals surface area contributed by atoms with E-state index in [9.17, 15) is 9.90 Å². The summed E-state index contributed by atoms with van der Waals surface area (Å²) in [5.41, 5.74) is 2.81. The lowest BCUT2D eigenvalue weighted by Gasteiger charge is -2.03. The molecule has 0 spiro atoms. The van der Waals surface area contributed by atoms with Gasteiger partial charge in [-0.3, -0.25) is 4.79 Å². The Labute approximate surface area is 110 Å². The van der Waals surface area contributed by atoms with Crippen LogP contribution < -0.4 is 5.32 Å². The number of nitrogens with zero attached hydrogens (tertiary/aromatic N) is 1. The molecule has 0 bridgehead atoms. The summed E-state index contributed by atoms with van der Waals surface area (Å²) in [6.45, 7) is -0.0808. The molecule has 2 aromatic rings. The summed E-state index contributed by atoms with van der Waals surface area (Å²) in [6.07, 6.45) is 0. The number of rotatable bonds is 2. The van der Waals surface area contributed by atoms with E-state index in [0.717, 1.165) is 11.1 Å². The maximum atomic E-state index is 11.8. The predicted octanol–water partition coefficient (Wildman–Crippen LogP) is 2.00. The molecule has 0 fully saturated rings. The molecule has 2 aromatic carbocycles. The van der Waals surface area contributed by atoms with Gasteiger partial charge in [0.05, 0.1) is 17.9 Å². The highest BCUT2D eigenvalue weighted by Crippen LogP contribution is 2.22. The first-order valence-corrected chi connectivity index (χ1v) is 5.98. The highest BCUT2D eigenvalue weighted by Gasteiger charge is 2.24. The van der Waals surface area contributed by atoms with Crippen molar-refractivity contribution < 1.29 is 9.90 Å². The topological polar surface area (TPSA) is 61.7 Å². The zero-order chi connectivity index (χ0) is 13.2. The van der Waals surface area contributed by atoms with E-state index in [4.69, 9.17) is 0 Å². The van der Waals surface area contributed by atoms with Crippen LogP contribution in [0.5, 0.6) is 0 Å². The summed E-state index contributed by atoms with van der Waals surface area (Å²) in [7, 11) is 0. The summed E-state index contributed by atoms with van der Waals surface area (Å²) in [6, 6.07) is 14.6. The van der Waals surface area contributed by atoms with E-state index in [-0.39, 0.29) is 12.5 Å². The molecule has 0 radical (unpaired) electrons. The number of para-hydroxylation sites is 1. The van der Waals surface area contributed by atoms with Gasteiger partial charge < -0.3 is 10.4 Å². The van der Waals surface area contributed by atoms with Crippen LogP contribution in [0.4, 0.5) is 5.69 Å². The number of hydrogen-bond donors (Lipinski definition) is 2. The van der Waals surface area contributed by atoms with Gasteiger partial charge in [-0.1, -0.05) is 36.4 Å². The lowest BCUT2D eigenvalue weighted by molar-refractivity contribution is 0.0983. The molecule has 0 aliphatic carbocycles. The summed E-state index contributed by atoms with van der Waals surface area (Å²) < 4.78 is 0. The van der Waals surface area contributed by atoms with Gasteiger partial charge in [0.1, 0.15) is 5.84 Å². The van der Waals surface area contributed by atoms with E-state index in [0.29, 0.717) is 17.1 Å². The van der Waals surface area contributed by atoms with Crippen molar-refractivity contribution in [2.75, 3.05) is 0 Å². The minimum Gasteiger partial charge on any atom is -0.392 e. The summed E-state index contributed by atoms with van der Waals surface area (Å²) in [5, 5.41) is 12.0. The molecular weight excluding hydrogens is 240 g/mol. The van der Waals surface area contributed by atoms with Crippen molar-refractivity contribution in [1.82, 2.24) is 5.32 Å². The Morgan fingerprint density at radius 3 is 2.47 bits per heavy atom. The lowest BCUT2D eigenvalue weighted by Crippen LogP contribution is -2.21. The maximum Gasteiger partial charge on any atom is 0.257 e. The minimum atomic E-state index is -0.143.